The van der Waals surface area contributed by atoms with Gasteiger partial charge < -0.3 is 20.6 Å². The first kappa shape index (κ1) is 16.0. The molecule has 0 radical (unpaired) electrons. The average Bonchev–Trinajstić information content (AvgIpc) is 2.37. The van der Waals surface area contributed by atoms with Crippen molar-refractivity contribution >= 4 is 5.69 Å². The van der Waals surface area contributed by atoms with Crippen LogP contribution in [0.1, 0.15) is 25.0 Å². The van der Waals surface area contributed by atoms with E-state index in [0.29, 0.717) is 12.2 Å². The number of hydrogen-bond donors (Lipinski definition) is 2. The Morgan fingerprint density at radius 3 is 2.47 bits per heavy atom. The number of nitrogens with zero attached hydrogens (tertiary/aromatic N) is 2. The van der Waals surface area contributed by atoms with Crippen LogP contribution in [-0.4, -0.2) is 55.2 Å². The van der Waals surface area contributed by atoms with Crippen LogP contribution in [0.5, 0.6) is 0 Å². The summed E-state index contributed by atoms with van der Waals surface area (Å²) >= 11 is 0. The zero-order valence-electron chi connectivity index (χ0n) is 12.3. The summed E-state index contributed by atoms with van der Waals surface area (Å²) in [4.78, 5) is 4.44. The highest BCUT2D eigenvalue weighted by Crippen LogP contribution is 2.20. The van der Waals surface area contributed by atoms with Crippen molar-refractivity contribution in [1.82, 2.24) is 9.80 Å². The van der Waals surface area contributed by atoms with Gasteiger partial charge in [-0.2, -0.15) is 0 Å². The first-order chi connectivity index (χ1) is 9.04. The largest absolute Gasteiger partial charge is 0.398 e. The lowest BCUT2D eigenvalue weighted by Crippen LogP contribution is -2.31. The van der Waals surface area contributed by atoms with Crippen LogP contribution in [-0.2, 0) is 0 Å². The zero-order chi connectivity index (χ0) is 14.3. The van der Waals surface area contributed by atoms with Crippen LogP contribution in [0.15, 0.2) is 24.3 Å². The third-order valence-corrected chi connectivity index (χ3v) is 3.31. The summed E-state index contributed by atoms with van der Waals surface area (Å²) in [5, 5.41) is 10.3. The topological polar surface area (TPSA) is 52.7 Å². The Morgan fingerprint density at radius 2 is 1.89 bits per heavy atom. The molecule has 0 fully saturated rings. The van der Waals surface area contributed by atoms with E-state index in [1.165, 1.54) is 0 Å². The molecule has 1 atom stereocenters. The molecule has 0 heterocycles. The Morgan fingerprint density at radius 1 is 1.21 bits per heavy atom. The van der Waals surface area contributed by atoms with Crippen LogP contribution in [0.2, 0.25) is 0 Å². The highest BCUT2D eigenvalue weighted by molar-refractivity contribution is 5.47. The Kier molecular flexibility index (Phi) is 6.84. The maximum absolute atomic E-state index is 10.3. The van der Waals surface area contributed by atoms with Crippen LogP contribution in [0.3, 0.4) is 0 Å². The van der Waals surface area contributed by atoms with Crippen molar-refractivity contribution in [3.8, 4) is 0 Å². The number of aliphatic hydroxyl groups excluding tert-OH is 1. The molecule has 3 N–H and O–H groups in total. The average molecular weight is 265 g/mol. The van der Waals surface area contributed by atoms with E-state index >= 15 is 0 Å². The number of aliphatic hydroxyl groups is 1. The molecule has 108 valence electrons. The number of nitrogen functional groups attached to an aromatic ring is 1. The summed E-state index contributed by atoms with van der Waals surface area (Å²) in [6.45, 7) is 5.77. The molecule has 0 saturated carbocycles. The molecule has 0 aliphatic heterocycles. The summed E-state index contributed by atoms with van der Waals surface area (Å²) in [5.74, 6) is 0. The van der Waals surface area contributed by atoms with Crippen LogP contribution >= 0.6 is 0 Å². The maximum Gasteiger partial charge on any atom is 0.0936 e. The van der Waals surface area contributed by atoms with E-state index in [1.807, 2.05) is 24.3 Å². The quantitative estimate of drug-likeness (QED) is 0.701. The standard InChI is InChI=1S/C15H27N3O/c1-4-18(11-7-10-17(2)3)12-15(19)13-8-5-6-9-14(13)16/h5-6,8-9,15,19H,4,7,10-12,16H2,1-3H3. The Bertz CT molecular complexity index is 368. The molecule has 0 aliphatic rings. The van der Waals surface area contributed by atoms with Gasteiger partial charge in [0.25, 0.3) is 0 Å². The third kappa shape index (κ3) is 5.59. The normalized spacial score (nSPS) is 13.2. The SMILES string of the molecule is CCN(CCCN(C)C)CC(O)c1ccccc1N. The molecule has 0 spiro atoms. The molecule has 1 unspecified atom stereocenters. The molecule has 1 aromatic carbocycles. The van der Waals surface area contributed by atoms with Crippen LogP contribution in [0, 0.1) is 0 Å². The van der Waals surface area contributed by atoms with Crippen molar-refractivity contribution in [1.29, 1.82) is 0 Å². The second kappa shape index (κ2) is 8.15. The van der Waals surface area contributed by atoms with Crippen LogP contribution < -0.4 is 5.73 Å². The molecular weight excluding hydrogens is 238 g/mol. The minimum absolute atomic E-state index is 0.513. The number of para-hydroxylation sites is 1. The summed E-state index contributed by atoms with van der Waals surface area (Å²) in [6.07, 6.45) is 0.596. The van der Waals surface area contributed by atoms with Gasteiger partial charge in [0.2, 0.25) is 0 Å². The molecule has 0 saturated heterocycles. The van der Waals surface area contributed by atoms with Crippen molar-refractivity contribution < 1.29 is 5.11 Å². The fraction of sp³-hybridized carbons (Fsp3) is 0.600. The number of rotatable bonds is 8. The van der Waals surface area contributed by atoms with Gasteiger partial charge in [-0.3, -0.25) is 0 Å². The number of anilines is 1. The smallest absolute Gasteiger partial charge is 0.0936 e. The maximum atomic E-state index is 10.3. The fourth-order valence-electron chi connectivity index (χ4n) is 2.15. The Balaban J connectivity index is 2.49. The number of benzene rings is 1. The van der Waals surface area contributed by atoms with E-state index in [2.05, 4.69) is 30.8 Å². The molecule has 0 amide bonds. The second-order valence-electron chi connectivity index (χ2n) is 5.19. The number of hydrogen-bond acceptors (Lipinski definition) is 4. The first-order valence-electron chi connectivity index (χ1n) is 6.94. The van der Waals surface area contributed by atoms with Crippen LogP contribution in [0.25, 0.3) is 0 Å². The third-order valence-electron chi connectivity index (χ3n) is 3.31. The lowest BCUT2D eigenvalue weighted by Gasteiger charge is -2.25. The highest BCUT2D eigenvalue weighted by atomic mass is 16.3. The summed E-state index contributed by atoms with van der Waals surface area (Å²) in [5.41, 5.74) is 7.39. The van der Waals surface area contributed by atoms with E-state index in [-0.39, 0.29) is 0 Å². The lowest BCUT2D eigenvalue weighted by molar-refractivity contribution is 0.114. The van der Waals surface area contributed by atoms with Gasteiger partial charge in [0.1, 0.15) is 0 Å². The van der Waals surface area contributed by atoms with Crippen molar-refractivity contribution in [2.45, 2.75) is 19.4 Å². The number of likely N-dealkylation sites (N-methyl/N-ethyl adjacent to an activating group) is 1. The van der Waals surface area contributed by atoms with Gasteiger partial charge in [0.05, 0.1) is 6.10 Å². The Labute approximate surface area is 116 Å². The molecule has 1 rings (SSSR count). The highest BCUT2D eigenvalue weighted by Gasteiger charge is 2.14. The van der Waals surface area contributed by atoms with Gasteiger partial charge >= 0.3 is 0 Å². The monoisotopic (exact) mass is 265 g/mol. The van der Waals surface area contributed by atoms with E-state index in [9.17, 15) is 5.11 Å². The predicted molar refractivity (Wildman–Crippen MR) is 81.1 cm³/mol. The molecule has 0 aliphatic carbocycles. The minimum Gasteiger partial charge on any atom is -0.398 e. The van der Waals surface area contributed by atoms with Gasteiger partial charge in [-0.05, 0) is 46.2 Å². The van der Waals surface area contributed by atoms with Crippen molar-refractivity contribution in [2.75, 3.05) is 46.0 Å². The van der Waals surface area contributed by atoms with Gasteiger partial charge in [0, 0.05) is 17.8 Å². The van der Waals surface area contributed by atoms with Crippen molar-refractivity contribution in [2.24, 2.45) is 0 Å². The molecule has 0 bridgehead atoms. The van der Waals surface area contributed by atoms with Gasteiger partial charge in [-0.25, -0.2) is 0 Å². The fourth-order valence-corrected chi connectivity index (χ4v) is 2.15. The molecular formula is C15H27N3O. The van der Waals surface area contributed by atoms with Gasteiger partial charge in [-0.1, -0.05) is 25.1 Å². The van der Waals surface area contributed by atoms with Crippen molar-refractivity contribution in [3.63, 3.8) is 0 Å². The zero-order valence-corrected chi connectivity index (χ0v) is 12.3. The van der Waals surface area contributed by atoms with Crippen molar-refractivity contribution in [3.05, 3.63) is 29.8 Å². The minimum atomic E-state index is -0.513. The predicted octanol–water partition coefficient (Wildman–Crippen LogP) is 1.58. The van der Waals surface area contributed by atoms with E-state index in [0.717, 1.165) is 31.6 Å². The molecule has 4 nitrogen and oxygen atoms in total. The summed E-state index contributed by atoms with van der Waals surface area (Å²) < 4.78 is 0. The number of nitrogens with two attached hydrogens (primary N) is 1. The molecule has 0 aromatic heterocycles. The summed E-state index contributed by atoms with van der Waals surface area (Å²) in [7, 11) is 4.16. The van der Waals surface area contributed by atoms with Gasteiger partial charge in [0.15, 0.2) is 0 Å². The molecule has 4 heteroatoms. The summed E-state index contributed by atoms with van der Waals surface area (Å²) in [6, 6.07) is 7.53. The lowest BCUT2D eigenvalue weighted by atomic mass is 10.1. The molecule has 1 aromatic rings. The second-order valence-corrected chi connectivity index (χ2v) is 5.19. The van der Waals surface area contributed by atoms with Gasteiger partial charge in [-0.15, -0.1) is 0 Å². The molecule has 19 heavy (non-hydrogen) atoms. The van der Waals surface area contributed by atoms with E-state index < -0.39 is 6.10 Å². The first-order valence-corrected chi connectivity index (χ1v) is 6.94. The van der Waals surface area contributed by atoms with E-state index in [1.54, 1.807) is 0 Å². The van der Waals surface area contributed by atoms with E-state index in [4.69, 9.17) is 5.73 Å². The Hall–Kier alpha value is -1.10. The van der Waals surface area contributed by atoms with Crippen LogP contribution in [0.4, 0.5) is 5.69 Å².